The average Bonchev–Trinajstić information content (AvgIpc) is 2.37. The molecule has 0 amide bonds. The van der Waals surface area contributed by atoms with E-state index in [0.717, 1.165) is 11.4 Å². The average molecular weight is 305 g/mol. The fourth-order valence-corrected chi connectivity index (χ4v) is 2.69. The Kier molecular flexibility index (Phi) is 3.86. The first-order chi connectivity index (χ1) is 9.59. The van der Waals surface area contributed by atoms with Crippen molar-refractivity contribution in [3.8, 4) is 11.3 Å². The Balaban J connectivity index is 2.58. The molecule has 1 aromatic heterocycles. The van der Waals surface area contributed by atoms with Crippen LogP contribution in [0, 0.1) is 6.92 Å². The third kappa shape index (κ3) is 3.46. The summed E-state index contributed by atoms with van der Waals surface area (Å²) in [6.45, 7) is 8.11. The molecule has 1 heterocycles. The summed E-state index contributed by atoms with van der Waals surface area (Å²) in [5, 5.41) is 5.16. The lowest BCUT2D eigenvalue weighted by molar-refractivity contribution is 0.560. The highest BCUT2D eigenvalue weighted by atomic mass is 32.2. The molecule has 21 heavy (non-hydrogen) atoms. The maximum absolute atomic E-state index is 11.4. The monoisotopic (exact) mass is 305 g/mol. The first kappa shape index (κ1) is 15.6. The van der Waals surface area contributed by atoms with Gasteiger partial charge in [-0.3, -0.25) is 4.98 Å². The fraction of sp³-hybridized carbons (Fsp3) is 0.333. The standard InChI is InChI=1S/C15H19N3O2S/c1-10-14(15(2,3)4)18-13(9-17-10)11-6-5-7-12(8-11)21(16,19)20/h5-9H,1-4H3,(H2,16,19,20). The van der Waals surface area contributed by atoms with E-state index in [2.05, 4.69) is 30.7 Å². The zero-order valence-electron chi connectivity index (χ0n) is 12.6. The molecule has 0 aliphatic rings. The van der Waals surface area contributed by atoms with Gasteiger partial charge in [0, 0.05) is 11.0 Å². The van der Waals surface area contributed by atoms with Crippen molar-refractivity contribution in [1.29, 1.82) is 0 Å². The molecule has 0 spiro atoms. The van der Waals surface area contributed by atoms with Crippen LogP contribution < -0.4 is 5.14 Å². The van der Waals surface area contributed by atoms with Crippen LogP contribution in [-0.2, 0) is 15.4 Å². The van der Waals surface area contributed by atoms with Gasteiger partial charge in [-0.1, -0.05) is 32.9 Å². The number of nitrogens with two attached hydrogens (primary N) is 1. The van der Waals surface area contributed by atoms with E-state index in [0.29, 0.717) is 11.3 Å². The highest BCUT2D eigenvalue weighted by Gasteiger charge is 2.20. The van der Waals surface area contributed by atoms with Gasteiger partial charge in [-0.2, -0.15) is 0 Å². The molecular formula is C15H19N3O2S. The summed E-state index contributed by atoms with van der Waals surface area (Å²) in [5.74, 6) is 0. The number of aryl methyl sites for hydroxylation is 1. The molecule has 5 nitrogen and oxygen atoms in total. The molecule has 0 fully saturated rings. The van der Waals surface area contributed by atoms with Gasteiger partial charge in [0.05, 0.1) is 28.2 Å². The van der Waals surface area contributed by atoms with Gasteiger partial charge in [0.2, 0.25) is 10.0 Å². The summed E-state index contributed by atoms with van der Waals surface area (Å²) in [5.41, 5.74) is 2.94. The van der Waals surface area contributed by atoms with Gasteiger partial charge in [-0.05, 0) is 19.1 Å². The predicted molar refractivity (Wildman–Crippen MR) is 82.3 cm³/mol. The number of hydrogen-bond acceptors (Lipinski definition) is 4. The van der Waals surface area contributed by atoms with Gasteiger partial charge in [0.25, 0.3) is 0 Å². The Hall–Kier alpha value is -1.79. The molecule has 0 aliphatic heterocycles. The third-order valence-corrected chi connectivity index (χ3v) is 4.04. The molecule has 0 aliphatic carbocycles. The molecule has 0 saturated carbocycles. The van der Waals surface area contributed by atoms with Crippen molar-refractivity contribution < 1.29 is 8.42 Å². The lowest BCUT2D eigenvalue weighted by Gasteiger charge is -2.20. The maximum atomic E-state index is 11.4. The van der Waals surface area contributed by atoms with E-state index in [1.54, 1.807) is 18.3 Å². The number of sulfonamides is 1. The quantitative estimate of drug-likeness (QED) is 0.923. The van der Waals surface area contributed by atoms with Gasteiger partial charge in [-0.15, -0.1) is 0 Å². The summed E-state index contributed by atoms with van der Waals surface area (Å²) in [4.78, 5) is 9.08. The van der Waals surface area contributed by atoms with Crippen molar-refractivity contribution >= 4 is 10.0 Å². The number of benzene rings is 1. The van der Waals surface area contributed by atoms with Crippen molar-refractivity contribution in [2.24, 2.45) is 5.14 Å². The Bertz CT molecular complexity index is 778. The highest BCUT2D eigenvalue weighted by Crippen LogP contribution is 2.26. The van der Waals surface area contributed by atoms with Gasteiger partial charge in [0.15, 0.2) is 0 Å². The number of rotatable bonds is 2. The largest absolute Gasteiger partial charge is 0.257 e. The van der Waals surface area contributed by atoms with Crippen LogP contribution in [-0.4, -0.2) is 18.4 Å². The summed E-state index contributed by atoms with van der Waals surface area (Å²) in [6, 6.07) is 6.42. The molecule has 0 saturated heterocycles. The van der Waals surface area contributed by atoms with E-state index in [4.69, 9.17) is 5.14 Å². The highest BCUT2D eigenvalue weighted by molar-refractivity contribution is 7.89. The van der Waals surface area contributed by atoms with Crippen molar-refractivity contribution in [2.75, 3.05) is 0 Å². The topological polar surface area (TPSA) is 85.9 Å². The third-order valence-electron chi connectivity index (χ3n) is 3.12. The molecule has 0 atom stereocenters. The summed E-state index contributed by atoms with van der Waals surface area (Å²) in [6.07, 6.45) is 1.65. The van der Waals surface area contributed by atoms with Gasteiger partial charge >= 0.3 is 0 Å². The van der Waals surface area contributed by atoms with Crippen LogP contribution in [0.25, 0.3) is 11.3 Å². The lowest BCUT2D eigenvalue weighted by Crippen LogP contribution is -2.17. The second-order valence-corrected chi connectivity index (χ2v) is 7.57. The molecule has 0 radical (unpaired) electrons. The van der Waals surface area contributed by atoms with E-state index in [1.165, 1.54) is 12.1 Å². The number of hydrogen-bond donors (Lipinski definition) is 1. The Morgan fingerprint density at radius 1 is 1.19 bits per heavy atom. The van der Waals surface area contributed by atoms with E-state index in [-0.39, 0.29) is 10.3 Å². The lowest BCUT2D eigenvalue weighted by atomic mass is 9.90. The Labute approximate surface area is 125 Å². The van der Waals surface area contributed by atoms with Gasteiger partial charge in [-0.25, -0.2) is 18.5 Å². The smallest absolute Gasteiger partial charge is 0.238 e. The van der Waals surface area contributed by atoms with Gasteiger partial charge < -0.3 is 0 Å². The molecular weight excluding hydrogens is 286 g/mol. The molecule has 2 N–H and O–H groups in total. The summed E-state index contributed by atoms with van der Waals surface area (Å²) < 4.78 is 22.9. The minimum Gasteiger partial charge on any atom is -0.257 e. The van der Waals surface area contributed by atoms with E-state index in [9.17, 15) is 8.42 Å². The Morgan fingerprint density at radius 3 is 2.43 bits per heavy atom. The van der Waals surface area contributed by atoms with Crippen LogP contribution in [0.15, 0.2) is 35.4 Å². The molecule has 2 rings (SSSR count). The zero-order valence-corrected chi connectivity index (χ0v) is 13.4. The fourth-order valence-electron chi connectivity index (χ4n) is 2.13. The Morgan fingerprint density at radius 2 is 1.86 bits per heavy atom. The second-order valence-electron chi connectivity index (χ2n) is 6.01. The van der Waals surface area contributed by atoms with Gasteiger partial charge in [0.1, 0.15) is 0 Å². The molecule has 6 heteroatoms. The molecule has 2 aromatic rings. The minimum atomic E-state index is -3.73. The van der Waals surface area contributed by atoms with Crippen molar-refractivity contribution in [3.05, 3.63) is 41.9 Å². The SMILES string of the molecule is Cc1ncc(-c2cccc(S(N)(=O)=O)c2)nc1C(C)(C)C. The second kappa shape index (κ2) is 5.20. The summed E-state index contributed by atoms with van der Waals surface area (Å²) >= 11 is 0. The normalized spacial score (nSPS) is 12.4. The molecule has 1 aromatic carbocycles. The van der Waals surface area contributed by atoms with Crippen LogP contribution in [0.4, 0.5) is 0 Å². The van der Waals surface area contributed by atoms with Crippen LogP contribution in [0.1, 0.15) is 32.2 Å². The van der Waals surface area contributed by atoms with Crippen LogP contribution >= 0.6 is 0 Å². The molecule has 112 valence electrons. The van der Waals surface area contributed by atoms with Crippen molar-refractivity contribution in [2.45, 2.75) is 38.0 Å². The summed E-state index contributed by atoms with van der Waals surface area (Å²) in [7, 11) is -3.73. The molecule has 0 unspecified atom stereocenters. The van der Waals surface area contributed by atoms with E-state index < -0.39 is 10.0 Å². The van der Waals surface area contributed by atoms with E-state index in [1.807, 2.05) is 6.92 Å². The zero-order chi connectivity index (χ0) is 15.8. The predicted octanol–water partition coefficient (Wildman–Crippen LogP) is 2.40. The molecule has 0 bridgehead atoms. The first-order valence-electron chi connectivity index (χ1n) is 6.56. The van der Waals surface area contributed by atoms with Crippen molar-refractivity contribution in [1.82, 2.24) is 9.97 Å². The number of primary sulfonamides is 1. The minimum absolute atomic E-state index is 0.0692. The van der Waals surface area contributed by atoms with Crippen LogP contribution in [0.3, 0.4) is 0 Å². The number of aromatic nitrogens is 2. The van der Waals surface area contributed by atoms with Crippen LogP contribution in [0.2, 0.25) is 0 Å². The van der Waals surface area contributed by atoms with Crippen molar-refractivity contribution in [3.63, 3.8) is 0 Å². The van der Waals surface area contributed by atoms with E-state index >= 15 is 0 Å². The maximum Gasteiger partial charge on any atom is 0.238 e. The van der Waals surface area contributed by atoms with Crippen LogP contribution in [0.5, 0.6) is 0 Å². The first-order valence-corrected chi connectivity index (χ1v) is 8.11. The number of nitrogens with zero attached hydrogens (tertiary/aromatic N) is 2.